The maximum Gasteiger partial charge on any atom is 0.236 e. The van der Waals surface area contributed by atoms with Gasteiger partial charge in [0.1, 0.15) is 0 Å². The minimum atomic E-state index is -0.346. The molecule has 1 saturated heterocycles. The van der Waals surface area contributed by atoms with Crippen molar-refractivity contribution in [3.05, 3.63) is 0 Å². The molecule has 1 fully saturated rings. The summed E-state index contributed by atoms with van der Waals surface area (Å²) in [6.07, 6.45) is 3.12. The standard InChI is InChI=1S/C13H27N3O/c1-10(2)8-12(14)13(17)15-9-11-4-6-16(3)7-5-11/h10-12H,4-9,14H2,1-3H3,(H,15,17)/t12-/m0/s1. The van der Waals surface area contributed by atoms with Crippen molar-refractivity contribution in [2.75, 3.05) is 26.7 Å². The van der Waals surface area contributed by atoms with Crippen LogP contribution in [0.15, 0.2) is 0 Å². The fourth-order valence-electron chi connectivity index (χ4n) is 2.26. The predicted molar refractivity (Wildman–Crippen MR) is 70.7 cm³/mol. The van der Waals surface area contributed by atoms with Gasteiger partial charge in [-0.1, -0.05) is 13.8 Å². The van der Waals surface area contributed by atoms with Crippen LogP contribution in [0, 0.1) is 11.8 Å². The molecule has 1 aliphatic rings. The van der Waals surface area contributed by atoms with E-state index in [-0.39, 0.29) is 11.9 Å². The summed E-state index contributed by atoms with van der Waals surface area (Å²) in [7, 11) is 2.15. The Hall–Kier alpha value is -0.610. The molecular formula is C13H27N3O. The van der Waals surface area contributed by atoms with E-state index in [0.29, 0.717) is 11.8 Å². The zero-order chi connectivity index (χ0) is 12.8. The Morgan fingerprint density at radius 1 is 1.41 bits per heavy atom. The van der Waals surface area contributed by atoms with Crippen molar-refractivity contribution in [2.24, 2.45) is 17.6 Å². The molecular weight excluding hydrogens is 214 g/mol. The van der Waals surface area contributed by atoms with Gasteiger partial charge in [-0.2, -0.15) is 0 Å². The van der Waals surface area contributed by atoms with Crippen LogP contribution in [0.4, 0.5) is 0 Å². The number of hydrogen-bond donors (Lipinski definition) is 2. The molecule has 1 rings (SSSR count). The molecule has 0 spiro atoms. The summed E-state index contributed by atoms with van der Waals surface area (Å²) in [5.41, 5.74) is 5.84. The summed E-state index contributed by atoms with van der Waals surface area (Å²) in [6, 6.07) is -0.346. The number of nitrogens with zero attached hydrogens (tertiary/aromatic N) is 1. The van der Waals surface area contributed by atoms with Crippen LogP contribution >= 0.6 is 0 Å². The van der Waals surface area contributed by atoms with E-state index in [1.807, 2.05) is 0 Å². The van der Waals surface area contributed by atoms with Gasteiger partial charge in [-0.15, -0.1) is 0 Å². The van der Waals surface area contributed by atoms with Crippen molar-refractivity contribution < 1.29 is 4.79 Å². The quantitative estimate of drug-likeness (QED) is 0.749. The molecule has 4 heteroatoms. The highest BCUT2D eigenvalue weighted by Crippen LogP contribution is 2.14. The Morgan fingerprint density at radius 3 is 2.53 bits per heavy atom. The third-order valence-electron chi connectivity index (χ3n) is 3.47. The van der Waals surface area contributed by atoms with Gasteiger partial charge in [-0.3, -0.25) is 4.79 Å². The van der Waals surface area contributed by atoms with Gasteiger partial charge in [0.25, 0.3) is 0 Å². The van der Waals surface area contributed by atoms with E-state index in [4.69, 9.17) is 5.73 Å². The number of carbonyl (C=O) groups is 1. The van der Waals surface area contributed by atoms with Gasteiger partial charge < -0.3 is 16.0 Å². The van der Waals surface area contributed by atoms with Gasteiger partial charge >= 0.3 is 0 Å². The SMILES string of the molecule is CC(C)C[C@H](N)C(=O)NCC1CCN(C)CC1. The van der Waals surface area contributed by atoms with Gasteiger partial charge in [0.05, 0.1) is 6.04 Å². The second-order valence-electron chi connectivity index (χ2n) is 5.73. The number of likely N-dealkylation sites (tertiary alicyclic amines) is 1. The van der Waals surface area contributed by atoms with Crippen molar-refractivity contribution in [1.82, 2.24) is 10.2 Å². The molecule has 4 nitrogen and oxygen atoms in total. The lowest BCUT2D eigenvalue weighted by molar-refractivity contribution is -0.122. The molecule has 0 saturated carbocycles. The highest BCUT2D eigenvalue weighted by Gasteiger charge is 2.19. The first-order valence-electron chi connectivity index (χ1n) is 6.71. The van der Waals surface area contributed by atoms with Crippen LogP contribution in [0.5, 0.6) is 0 Å². The highest BCUT2D eigenvalue weighted by atomic mass is 16.2. The second kappa shape index (κ2) is 6.97. The summed E-state index contributed by atoms with van der Waals surface area (Å²) in [6.45, 7) is 7.24. The predicted octanol–water partition coefficient (Wildman–Crippen LogP) is 0.818. The van der Waals surface area contributed by atoms with Gasteiger partial charge in [0, 0.05) is 6.54 Å². The first-order valence-corrected chi connectivity index (χ1v) is 6.71. The van der Waals surface area contributed by atoms with E-state index < -0.39 is 0 Å². The van der Waals surface area contributed by atoms with E-state index in [1.54, 1.807) is 0 Å². The Kier molecular flexibility index (Phi) is 5.92. The molecule has 0 aromatic heterocycles. The molecule has 17 heavy (non-hydrogen) atoms. The zero-order valence-electron chi connectivity index (χ0n) is 11.4. The number of amides is 1. The first kappa shape index (κ1) is 14.5. The highest BCUT2D eigenvalue weighted by molar-refractivity contribution is 5.81. The van der Waals surface area contributed by atoms with Crippen molar-refractivity contribution in [2.45, 2.75) is 39.2 Å². The molecule has 3 N–H and O–H groups in total. The number of rotatable bonds is 5. The fourth-order valence-corrected chi connectivity index (χ4v) is 2.26. The number of carbonyl (C=O) groups excluding carboxylic acids is 1. The number of nitrogens with two attached hydrogens (primary N) is 1. The summed E-state index contributed by atoms with van der Waals surface area (Å²) < 4.78 is 0. The number of nitrogens with one attached hydrogen (secondary N) is 1. The minimum absolute atomic E-state index is 0.0117. The van der Waals surface area contributed by atoms with E-state index in [0.717, 1.165) is 26.1 Å². The van der Waals surface area contributed by atoms with Crippen LogP contribution in [-0.2, 0) is 4.79 Å². The van der Waals surface area contributed by atoms with Gasteiger partial charge in [-0.25, -0.2) is 0 Å². The molecule has 100 valence electrons. The summed E-state index contributed by atoms with van der Waals surface area (Å²) >= 11 is 0. The lowest BCUT2D eigenvalue weighted by Crippen LogP contribution is -2.44. The Labute approximate surface area is 105 Å². The molecule has 0 radical (unpaired) electrons. The molecule has 0 bridgehead atoms. The molecule has 1 atom stereocenters. The third kappa shape index (κ3) is 5.50. The Balaban J connectivity index is 2.19. The van der Waals surface area contributed by atoms with E-state index >= 15 is 0 Å². The van der Waals surface area contributed by atoms with E-state index in [9.17, 15) is 4.79 Å². The van der Waals surface area contributed by atoms with Crippen LogP contribution in [-0.4, -0.2) is 43.5 Å². The van der Waals surface area contributed by atoms with Crippen molar-refractivity contribution in [1.29, 1.82) is 0 Å². The molecule has 0 unspecified atom stereocenters. The van der Waals surface area contributed by atoms with Crippen LogP contribution in [0.3, 0.4) is 0 Å². The second-order valence-corrected chi connectivity index (χ2v) is 5.73. The first-order chi connectivity index (χ1) is 7.99. The minimum Gasteiger partial charge on any atom is -0.354 e. The Bertz CT molecular complexity index is 235. The van der Waals surface area contributed by atoms with Gasteiger partial charge in [-0.05, 0) is 51.2 Å². The molecule has 0 aromatic rings. The van der Waals surface area contributed by atoms with E-state index in [1.165, 1.54) is 12.8 Å². The lowest BCUT2D eigenvalue weighted by Gasteiger charge is -2.29. The molecule has 1 aliphatic heterocycles. The smallest absolute Gasteiger partial charge is 0.236 e. The van der Waals surface area contributed by atoms with Crippen molar-refractivity contribution in [3.63, 3.8) is 0 Å². The van der Waals surface area contributed by atoms with Crippen LogP contribution in [0.1, 0.15) is 33.1 Å². The number of hydrogen-bond acceptors (Lipinski definition) is 3. The maximum atomic E-state index is 11.7. The zero-order valence-corrected chi connectivity index (χ0v) is 11.4. The lowest BCUT2D eigenvalue weighted by atomic mass is 9.97. The molecule has 1 heterocycles. The average Bonchev–Trinajstić information content (AvgIpc) is 2.27. The van der Waals surface area contributed by atoms with Crippen LogP contribution in [0.2, 0.25) is 0 Å². The summed E-state index contributed by atoms with van der Waals surface area (Å²) in [5.74, 6) is 1.11. The Morgan fingerprint density at radius 2 is 2.00 bits per heavy atom. The fraction of sp³-hybridized carbons (Fsp3) is 0.923. The third-order valence-corrected chi connectivity index (χ3v) is 3.47. The van der Waals surface area contributed by atoms with E-state index in [2.05, 4.69) is 31.1 Å². The normalized spacial score (nSPS) is 20.5. The topological polar surface area (TPSA) is 58.4 Å². The maximum absolute atomic E-state index is 11.7. The summed E-state index contributed by atoms with van der Waals surface area (Å²) in [4.78, 5) is 14.1. The summed E-state index contributed by atoms with van der Waals surface area (Å²) in [5, 5.41) is 2.99. The molecule has 0 aliphatic carbocycles. The largest absolute Gasteiger partial charge is 0.354 e. The van der Waals surface area contributed by atoms with Crippen LogP contribution < -0.4 is 11.1 Å². The van der Waals surface area contributed by atoms with Gasteiger partial charge in [0.2, 0.25) is 5.91 Å². The average molecular weight is 241 g/mol. The monoisotopic (exact) mass is 241 g/mol. The number of piperidine rings is 1. The van der Waals surface area contributed by atoms with Gasteiger partial charge in [0.15, 0.2) is 0 Å². The molecule has 1 amide bonds. The molecule has 0 aromatic carbocycles. The van der Waals surface area contributed by atoms with Crippen molar-refractivity contribution in [3.8, 4) is 0 Å². The van der Waals surface area contributed by atoms with Crippen LogP contribution in [0.25, 0.3) is 0 Å². The van der Waals surface area contributed by atoms with Crippen molar-refractivity contribution >= 4 is 5.91 Å².